The van der Waals surface area contributed by atoms with Gasteiger partial charge >= 0.3 is 0 Å². The average Bonchev–Trinajstić information content (AvgIpc) is 2.70. The van der Waals surface area contributed by atoms with Crippen molar-refractivity contribution in [3.8, 4) is 5.75 Å². The molecule has 0 unspecified atom stereocenters. The fourth-order valence-electron chi connectivity index (χ4n) is 2.12. The predicted molar refractivity (Wildman–Crippen MR) is 58.9 cm³/mol. The minimum atomic E-state index is 0.379. The smallest absolute Gasteiger partial charge is 0.116 e. The molecule has 1 aromatic carbocycles. The van der Waals surface area contributed by atoms with Gasteiger partial charge in [-0.3, -0.25) is 0 Å². The van der Waals surface area contributed by atoms with Crippen LogP contribution < -0.4 is 4.90 Å². The van der Waals surface area contributed by atoms with Crippen LogP contribution >= 0.6 is 0 Å². The predicted octanol–water partition coefficient (Wildman–Crippen LogP) is 2.55. The maximum atomic E-state index is 9.39. The lowest BCUT2D eigenvalue weighted by Gasteiger charge is -2.21. The summed E-state index contributed by atoms with van der Waals surface area (Å²) in [7, 11) is 0. The molecule has 76 valence electrons. The van der Waals surface area contributed by atoms with Crippen LogP contribution in [0.2, 0.25) is 0 Å². The third-order valence-corrected chi connectivity index (χ3v) is 2.89. The van der Waals surface area contributed by atoms with Crippen LogP contribution in [0.25, 0.3) is 0 Å². The van der Waals surface area contributed by atoms with E-state index in [1.807, 2.05) is 12.1 Å². The molecule has 0 spiro atoms. The molecule has 2 nitrogen and oxygen atoms in total. The third kappa shape index (κ3) is 1.69. The van der Waals surface area contributed by atoms with Gasteiger partial charge in [-0.25, -0.2) is 0 Å². The fourth-order valence-corrected chi connectivity index (χ4v) is 2.12. The highest BCUT2D eigenvalue weighted by atomic mass is 16.3. The summed E-state index contributed by atoms with van der Waals surface area (Å²) in [4.78, 5) is 2.41. The van der Waals surface area contributed by atoms with Crippen molar-refractivity contribution in [2.45, 2.75) is 26.2 Å². The van der Waals surface area contributed by atoms with E-state index in [1.54, 1.807) is 6.07 Å². The maximum absolute atomic E-state index is 9.39. The number of phenolic OH excluding ortho intramolecular Hbond substituents is 1. The number of phenols is 1. The average molecular weight is 191 g/mol. The van der Waals surface area contributed by atoms with E-state index in [0.29, 0.717) is 5.75 Å². The van der Waals surface area contributed by atoms with Gasteiger partial charge in [0.2, 0.25) is 0 Å². The lowest BCUT2D eigenvalue weighted by Crippen LogP contribution is -2.18. The second-order valence-corrected chi connectivity index (χ2v) is 3.86. The molecule has 0 aliphatic carbocycles. The summed E-state index contributed by atoms with van der Waals surface area (Å²) >= 11 is 0. The Morgan fingerprint density at radius 3 is 2.64 bits per heavy atom. The Kier molecular flexibility index (Phi) is 2.62. The number of aryl methyl sites for hydroxylation is 1. The molecule has 1 heterocycles. The number of aromatic hydroxyl groups is 1. The summed E-state index contributed by atoms with van der Waals surface area (Å²) in [6, 6.07) is 5.71. The number of nitrogens with zero attached hydrogens (tertiary/aromatic N) is 1. The number of hydrogen-bond donors (Lipinski definition) is 1. The van der Waals surface area contributed by atoms with E-state index in [9.17, 15) is 5.11 Å². The van der Waals surface area contributed by atoms with E-state index in [-0.39, 0.29) is 0 Å². The standard InChI is InChI=1S/C12H17NO/c1-2-10-9-11(14)5-6-12(10)13-7-3-4-8-13/h5-6,9,14H,2-4,7-8H2,1H3. The summed E-state index contributed by atoms with van der Waals surface area (Å²) in [5, 5.41) is 9.39. The number of rotatable bonds is 2. The van der Waals surface area contributed by atoms with Crippen LogP contribution in [0.5, 0.6) is 5.75 Å². The van der Waals surface area contributed by atoms with E-state index in [4.69, 9.17) is 0 Å². The molecule has 1 N–H and O–H groups in total. The van der Waals surface area contributed by atoms with Crippen molar-refractivity contribution in [1.29, 1.82) is 0 Å². The molecule has 1 fully saturated rings. The zero-order valence-corrected chi connectivity index (χ0v) is 8.66. The Hall–Kier alpha value is -1.18. The van der Waals surface area contributed by atoms with Gasteiger partial charge in [0.25, 0.3) is 0 Å². The molecule has 1 aliphatic rings. The van der Waals surface area contributed by atoms with Gasteiger partial charge in [0.05, 0.1) is 0 Å². The van der Waals surface area contributed by atoms with Crippen LogP contribution in [-0.4, -0.2) is 18.2 Å². The van der Waals surface area contributed by atoms with Gasteiger partial charge in [-0.1, -0.05) is 6.92 Å². The monoisotopic (exact) mass is 191 g/mol. The Bertz CT molecular complexity index is 316. The van der Waals surface area contributed by atoms with Crippen LogP contribution in [-0.2, 0) is 6.42 Å². The van der Waals surface area contributed by atoms with Crippen LogP contribution in [0.4, 0.5) is 5.69 Å². The van der Waals surface area contributed by atoms with Crippen LogP contribution in [0.15, 0.2) is 18.2 Å². The lowest BCUT2D eigenvalue weighted by atomic mass is 10.1. The normalized spacial score (nSPS) is 16.2. The van der Waals surface area contributed by atoms with Crippen LogP contribution in [0.3, 0.4) is 0 Å². The maximum Gasteiger partial charge on any atom is 0.116 e. The molecule has 0 saturated carbocycles. The van der Waals surface area contributed by atoms with Crippen molar-refractivity contribution in [1.82, 2.24) is 0 Å². The zero-order chi connectivity index (χ0) is 9.97. The van der Waals surface area contributed by atoms with Crippen molar-refractivity contribution in [2.24, 2.45) is 0 Å². The van der Waals surface area contributed by atoms with Crippen molar-refractivity contribution in [3.63, 3.8) is 0 Å². The minimum absolute atomic E-state index is 0.379. The molecule has 0 radical (unpaired) electrons. The summed E-state index contributed by atoms with van der Waals surface area (Å²) < 4.78 is 0. The van der Waals surface area contributed by atoms with Gasteiger partial charge < -0.3 is 10.0 Å². The number of benzene rings is 1. The third-order valence-electron chi connectivity index (χ3n) is 2.89. The first-order chi connectivity index (χ1) is 6.81. The van der Waals surface area contributed by atoms with Crippen molar-refractivity contribution < 1.29 is 5.11 Å². The highest BCUT2D eigenvalue weighted by Gasteiger charge is 2.14. The summed E-state index contributed by atoms with van der Waals surface area (Å²) in [5.41, 5.74) is 2.56. The topological polar surface area (TPSA) is 23.5 Å². The van der Waals surface area contributed by atoms with E-state index in [2.05, 4.69) is 11.8 Å². The molecule has 2 rings (SSSR count). The molecule has 1 aliphatic heterocycles. The molecule has 14 heavy (non-hydrogen) atoms. The Morgan fingerprint density at radius 2 is 2.00 bits per heavy atom. The Balaban J connectivity index is 2.31. The molecule has 0 amide bonds. The lowest BCUT2D eigenvalue weighted by molar-refractivity contribution is 0.474. The van der Waals surface area contributed by atoms with Crippen LogP contribution in [0.1, 0.15) is 25.3 Å². The second kappa shape index (κ2) is 3.91. The van der Waals surface area contributed by atoms with Gasteiger partial charge in [-0.05, 0) is 43.0 Å². The van der Waals surface area contributed by atoms with Crippen molar-refractivity contribution in [3.05, 3.63) is 23.8 Å². The first-order valence-corrected chi connectivity index (χ1v) is 5.38. The fraction of sp³-hybridized carbons (Fsp3) is 0.500. The summed E-state index contributed by atoms with van der Waals surface area (Å²) in [6.45, 7) is 4.46. The number of hydrogen-bond acceptors (Lipinski definition) is 2. The van der Waals surface area contributed by atoms with Gasteiger partial charge in [-0.2, -0.15) is 0 Å². The van der Waals surface area contributed by atoms with E-state index in [1.165, 1.54) is 24.1 Å². The Labute approximate surface area is 85.2 Å². The molecule has 0 atom stereocenters. The first-order valence-electron chi connectivity index (χ1n) is 5.38. The van der Waals surface area contributed by atoms with Gasteiger partial charge in [0.1, 0.15) is 5.75 Å². The second-order valence-electron chi connectivity index (χ2n) is 3.86. The van der Waals surface area contributed by atoms with Gasteiger partial charge in [0, 0.05) is 18.8 Å². The molecule has 0 aromatic heterocycles. The van der Waals surface area contributed by atoms with Crippen LogP contribution in [0, 0.1) is 0 Å². The molecule has 1 aromatic rings. The van der Waals surface area contributed by atoms with Crippen molar-refractivity contribution >= 4 is 5.69 Å². The molecule has 2 heteroatoms. The van der Waals surface area contributed by atoms with E-state index < -0.39 is 0 Å². The van der Waals surface area contributed by atoms with Crippen molar-refractivity contribution in [2.75, 3.05) is 18.0 Å². The minimum Gasteiger partial charge on any atom is -0.508 e. The molecule has 1 saturated heterocycles. The Morgan fingerprint density at radius 1 is 1.29 bits per heavy atom. The van der Waals surface area contributed by atoms with Gasteiger partial charge in [-0.15, -0.1) is 0 Å². The largest absolute Gasteiger partial charge is 0.508 e. The quantitative estimate of drug-likeness (QED) is 0.776. The van der Waals surface area contributed by atoms with E-state index >= 15 is 0 Å². The molecule has 0 bridgehead atoms. The molecular formula is C12H17NO. The van der Waals surface area contributed by atoms with Gasteiger partial charge in [0.15, 0.2) is 0 Å². The number of anilines is 1. The molecular weight excluding hydrogens is 174 g/mol. The summed E-state index contributed by atoms with van der Waals surface area (Å²) in [6.07, 6.45) is 3.58. The summed E-state index contributed by atoms with van der Waals surface area (Å²) in [5.74, 6) is 0.379. The highest BCUT2D eigenvalue weighted by Crippen LogP contribution is 2.27. The first kappa shape index (κ1) is 9.38. The van der Waals surface area contributed by atoms with E-state index in [0.717, 1.165) is 19.5 Å². The highest BCUT2D eigenvalue weighted by molar-refractivity contribution is 5.56. The SMILES string of the molecule is CCc1cc(O)ccc1N1CCCC1. The zero-order valence-electron chi connectivity index (χ0n) is 8.66.